The monoisotopic (exact) mass is 754 g/mol. The Labute approximate surface area is 323 Å². The number of hydroxylamine groups is 2. The summed E-state index contributed by atoms with van der Waals surface area (Å²) in [5, 5.41) is 36.0. The van der Waals surface area contributed by atoms with Crippen molar-refractivity contribution in [1.82, 2.24) is 10.4 Å². The minimum Gasteiger partial charge on any atom is -0.496 e. The van der Waals surface area contributed by atoms with Gasteiger partial charge in [0, 0.05) is 54.9 Å². The number of fused-ring (bicyclic) bond motifs is 2. The number of aliphatic carboxylic acids is 1. The minimum absolute atomic E-state index is 0.00180. The molecule has 4 aliphatic rings. The molecule has 1 heterocycles. The van der Waals surface area contributed by atoms with E-state index in [1.54, 1.807) is 55.5 Å². The summed E-state index contributed by atoms with van der Waals surface area (Å²) in [6, 6.07) is 18.9. The number of benzene rings is 3. The van der Waals surface area contributed by atoms with Crippen LogP contribution in [-0.4, -0.2) is 96.0 Å². The van der Waals surface area contributed by atoms with Gasteiger partial charge in [0.05, 0.1) is 26.4 Å². The van der Waals surface area contributed by atoms with Crippen molar-refractivity contribution in [2.45, 2.75) is 77.8 Å². The molecule has 3 aliphatic carbocycles. The third kappa shape index (κ3) is 8.05. The number of aliphatic imine (C=N–C) groups is 1. The SMILES string of the molecule is COc1c(CN2O[C@@H](CO)[C@@H]([C@H](C)O)[C@H]2C(=O)N[C@H]2C[C@H]3C[C@@H]([C@@H]2C)C3(C)C)cccc1-c1cc(C(=O)N=C(Cc2ccccc2)C(=O)O)cc(N(C)C)c1. The number of rotatable bonds is 13. The molecule has 0 aromatic heterocycles. The van der Waals surface area contributed by atoms with E-state index in [0.29, 0.717) is 45.9 Å². The highest BCUT2D eigenvalue weighted by atomic mass is 16.7. The van der Waals surface area contributed by atoms with Crippen molar-refractivity contribution in [3.05, 3.63) is 83.4 Å². The molecule has 3 aromatic rings. The molecule has 0 radical (unpaired) electrons. The molecule has 2 amide bonds. The lowest BCUT2D eigenvalue weighted by Crippen LogP contribution is -2.62. The molecule has 1 saturated heterocycles. The normalized spacial score (nSPS) is 26.5. The number of hydrogen-bond acceptors (Lipinski definition) is 9. The Hall–Kier alpha value is -4.62. The summed E-state index contributed by atoms with van der Waals surface area (Å²) in [6.45, 7) is 8.17. The number of hydrogen-bond donors (Lipinski definition) is 4. The number of carbonyl (C=O) groups excluding carboxylic acids is 2. The molecule has 0 unspecified atom stereocenters. The second kappa shape index (κ2) is 16.2. The Morgan fingerprint density at radius 3 is 2.40 bits per heavy atom. The number of aliphatic hydroxyl groups is 2. The average molecular weight is 755 g/mol. The first kappa shape index (κ1) is 40.1. The fourth-order valence-corrected chi connectivity index (χ4v) is 9.12. The zero-order valence-electron chi connectivity index (χ0n) is 32.7. The van der Waals surface area contributed by atoms with E-state index in [0.717, 1.165) is 12.0 Å². The van der Waals surface area contributed by atoms with E-state index >= 15 is 0 Å². The predicted molar refractivity (Wildman–Crippen MR) is 210 cm³/mol. The topological polar surface area (TPSA) is 161 Å². The smallest absolute Gasteiger partial charge is 0.350 e. The third-order valence-electron chi connectivity index (χ3n) is 12.4. The fourth-order valence-electron chi connectivity index (χ4n) is 9.12. The number of anilines is 1. The zero-order chi connectivity index (χ0) is 39.8. The molecule has 0 spiro atoms. The molecule has 3 aromatic carbocycles. The number of aliphatic hydroxyl groups excluding tert-OH is 2. The summed E-state index contributed by atoms with van der Waals surface area (Å²) in [6.07, 6.45) is 0.320. The molecule has 1 aliphatic heterocycles. The van der Waals surface area contributed by atoms with Crippen molar-refractivity contribution in [3.8, 4) is 16.9 Å². The Kier molecular flexibility index (Phi) is 11.8. The summed E-state index contributed by atoms with van der Waals surface area (Å²) in [4.78, 5) is 52.1. The van der Waals surface area contributed by atoms with Crippen LogP contribution < -0.4 is 15.0 Å². The molecule has 7 rings (SSSR count). The summed E-state index contributed by atoms with van der Waals surface area (Å²) in [5.74, 6) is -1.06. The van der Waals surface area contributed by atoms with E-state index in [-0.39, 0.29) is 48.2 Å². The minimum atomic E-state index is -1.28. The van der Waals surface area contributed by atoms with Crippen molar-refractivity contribution in [3.63, 3.8) is 0 Å². The molecule has 12 heteroatoms. The molecule has 4 N–H and O–H groups in total. The standard InChI is InChI=1S/C43H54N4O8/c1-24-33-20-30(43(33,3)4)21-34(24)44-41(51)38-37(25(2)49)36(23-48)55-47(38)22-27-14-11-15-32(39(27)54-7)28-17-29(19-31(18-28)46(5)6)40(50)45-35(42(52)53)16-26-12-9-8-10-13-26/h8-15,17-19,24-25,30,33-34,36-38,48-49H,16,20-23H2,1-7H3,(H,44,51)(H,52,53)/t24-,25-,30+,33-,34-,36-,37+,38-/m0/s1. The molecule has 12 nitrogen and oxygen atoms in total. The number of methoxy groups -OCH3 is 1. The summed E-state index contributed by atoms with van der Waals surface area (Å²) >= 11 is 0. The van der Waals surface area contributed by atoms with Crippen LogP contribution in [0.5, 0.6) is 5.75 Å². The van der Waals surface area contributed by atoms with E-state index in [9.17, 15) is 29.7 Å². The average Bonchev–Trinajstić information content (AvgIpc) is 3.53. The number of nitrogens with zero attached hydrogens (tertiary/aromatic N) is 3. The number of ether oxygens (including phenoxy) is 1. The molecular weight excluding hydrogens is 700 g/mol. The van der Waals surface area contributed by atoms with Gasteiger partial charge < -0.3 is 30.3 Å². The lowest BCUT2D eigenvalue weighted by Gasteiger charge is -2.62. The van der Waals surface area contributed by atoms with Gasteiger partial charge in [-0.3, -0.25) is 14.4 Å². The Morgan fingerprint density at radius 1 is 1.07 bits per heavy atom. The van der Waals surface area contributed by atoms with E-state index < -0.39 is 36.0 Å². The number of carboxylic acids is 1. The lowest BCUT2D eigenvalue weighted by molar-refractivity contribution is -0.183. The zero-order valence-corrected chi connectivity index (χ0v) is 32.7. The van der Waals surface area contributed by atoms with Gasteiger partial charge in [-0.1, -0.05) is 69.3 Å². The van der Waals surface area contributed by atoms with Crippen molar-refractivity contribution in [1.29, 1.82) is 0 Å². The highest BCUT2D eigenvalue weighted by Crippen LogP contribution is 2.61. The van der Waals surface area contributed by atoms with E-state index in [2.05, 4.69) is 31.1 Å². The Morgan fingerprint density at radius 2 is 1.80 bits per heavy atom. The van der Waals surface area contributed by atoms with Crippen molar-refractivity contribution >= 4 is 29.2 Å². The quantitative estimate of drug-likeness (QED) is 0.175. The van der Waals surface area contributed by atoms with Crippen LogP contribution in [0.4, 0.5) is 5.69 Å². The molecule has 4 fully saturated rings. The number of para-hydroxylation sites is 1. The molecule has 2 bridgehead atoms. The van der Waals surface area contributed by atoms with E-state index in [1.807, 2.05) is 49.3 Å². The van der Waals surface area contributed by atoms with Crippen LogP contribution in [0.25, 0.3) is 11.1 Å². The van der Waals surface area contributed by atoms with Gasteiger partial charge in [-0.25, -0.2) is 9.79 Å². The number of amides is 2. The second-order valence-electron chi connectivity index (χ2n) is 16.2. The van der Waals surface area contributed by atoms with Crippen LogP contribution >= 0.6 is 0 Å². The van der Waals surface area contributed by atoms with Gasteiger partial charge in [0.1, 0.15) is 23.6 Å². The fraction of sp³-hybridized carbons (Fsp3) is 0.488. The molecule has 3 saturated carbocycles. The van der Waals surface area contributed by atoms with Gasteiger partial charge in [-0.05, 0) is 72.3 Å². The summed E-state index contributed by atoms with van der Waals surface area (Å²) in [5.41, 5.74) is 3.54. The maximum Gasteiger partial charge on any atom is 0.350 e. The maximum atomic E-state index is 14.2. The molecule has 8 atom stereocenters. The van der Waals surface area contributed by atoms with Gasteiger partial charge in [-0.15, -0.1) is 0 Å². The summed E-state index contributed by atoms with van der Waals surface area (Å²) < 4.78 is 6.01. The predicted octanol–water partition coefficient (Wildman–Crippen LogP) is 5.00. The summed E-state index contributed by atoms with van der Waals surface area (Å²) in [7, 11) is 5.22. The second-order valence-corrected chi connectivity index (χ2v) is 16.2. The number of carbonyl (C=O) groups is 3. The Balaban J connectivity index is 1.31. The number of nitrogens with one attached hydrogen (secondary N) is 1. The molecule has 294 valence electrons. The third-order valence-corrected chi connectivity index (χ3v) is 12.4. The van der Waals surface area contributed by atoms with Crippen molar-refractivity contribution in [2.24, 2.45) is 34.1 Å². The highest BCUT2D eigenvalue weighted by molar-refractivity contribution is 6.38. The van der Waals surface area contributed by atoms with Crippen LogP contribution in [0.15, 0.2) is 71.7 Å². The largest absolute Gasteiger partial charge is 0.496 e. The maximum absolute atomic E-state index is 14.2. The van der Waals surface area contributed by atoms with E-state index in [4.69, 9.17) is 9.57 Å². The number of carboxylic acid groups (broad SMARTS) is 1. The first-order valence-corrected chi connectivity index (χ1v) is 19.0. The van der Waals surface area contributed by atoms with Crippen LogP contribution in [0.3, 0.4) is 0 Å². The Bertz CT molecular complexity index is 1930. The van der Waals surface area contributed by atoms with Gasteiger partial charge in [0.2, 0.25) is 5.91 Å². The first-order valence-electron chi connectivity index (χ1n) is 19.0. The van der Waals surface area contributed by atoms with Gasteiger partial charge in [0.15, 0.2) is 0 Å². The van der Waals surface area contributed by atoms with Crippen LogP contribution in [0, 0.1) is 29.1 Å². The van der Waals surface area contributed by atoms with E-state index in [1.165, 1.54) is 6.42 Å². The van der Waals surface area contributed by atoms with Crippen LogP contribution in [-0.2, 0) is 27.4 Å². The van der Waals surface area contributed by atoms with Gasteiger partial charge in [-0.2, -0.15) is 5.06 Å². The van der Waals surface area contributed by atoms with Gasteiger partial charge in [0.25, 0.3) is 5.91 Å². The molecular formula is C43H54N4O8. The molecule has 55 heavy (non-hydrogen) atoms. The van der Waals surface area contributed by atoms with Crippen LogP contribution in [0.2, 0.25) is 0 Å². The first-order chi connectivity index (χ1) is 26.1. The lowest BCUT2D eigenvalue weighted by atomic mass is 9.45. The van der Waals surface area contributed by atoms with Crippen LogP contribution in [0.1, 0.15) is 62.0 Å². The van der Waals surface area contributed by atoms with Gasteiger partial charge >= 0.3 is 5.97 Å². The van der Waals surface area contributed by atoms with Crippen molar-refractivity contribution in [2.75, 3.05) is 32.7 Å². The highest BCUT2D eigenvalue weighted by Gasteiger charge is 2.57. The van der Waals surface area contributed by atoms with Crippen molar-refractivity contribution < 1.29 is 39.3 Å².